The van der Waals surface area contributed by atoms with Gasteiger partial charge < -0.3 is 10.2 Å². The molecule has 3 nitrogen and oxygen atoms in total. The minimum Gasteiger partial charge on any atom is -0.375 e. The molecule has 0 fully saturated rings. The van der Waals surface area contributed by atoms with E-state index in [2.05, 4.69) is 61.2 Å². The molecule has 1 aromatic rings. The van der Waals surface area contributed by atoms with Crippen LogP contribution in [-0.2, 0) is 0 Å². The Morgan fingerprint density at radius 2 is 2.06 bits per heavy atom. The number of aliphatic imine (C=N–C) groups is 1. The highest BCUT2D eigenvalue weighted by Crippen LogP contribution is 2.19. The smallest absolute Gasteiger partial charge is 0.121 e. The van der Waals surface area contributed by atoms with Crippen molar-refractivity contribution in [3.63, 3.8) is 0 Å². The van der Waals surface area contributed by atoms with Gasteiger partial charge in [0.05, 0.1) is 12.6 Å². The number of likely N-dealkylation sites (N-methyl/N-ethyl adjacent to an activating group) is 1. The molecule has 1 atom stereocenters. The van der Waals surface area contributed by atoms with Gasteiger partial charge in [-0.25, -0.2) is 0 Å². The molecular weight excluding hydrogens is 246 g/mol. The Labute approximate surface area is 116 Å². The van der Waals surface area contributed by atoms with E-state index in [4.69, 9.17) is 0 Å². The number of hydrogen-bond donors (Lipinski definition) is 1. The van der Waals surface area contributed by atoms with E-state index in [-0.39, 0.29) is 18.4 Å². The van der Waals surface area contributed by atoms with E-state index in [1.165, 1.54) is 16.8 Å². The van der Waals surface area contributed by atoms with Crippen LogP contribution >= 0.6 is 12.4 Å². The fraction of sp³-hybridized carbons (Fsp3) is 0.500. The van der Waals surface area contributed by atoms with Crippen molar-refractivity contribution >= 4 is 23.9 Å². The Kier molecular flexibility index (Phi) is 5.03. The van der Waals surface area contributed by atoms with Crippen LogP contribution in [0.3, 0.4) is 0 Å². The summed E-state index contributed by atoms with van der Waals surface area (Å²) in [6.45, 7) is 8.43. The van der Waals surface area contributed by atoms with Gasteiger partial charge in [-0.15, -0.1) is 12.4 Å². The normalized spacial score (nSPS) is 16.0. The maximum absolute atomic E-state index is 4.54. The molecule has 0 spiro atoms. The van der Waals surface area contributed by atoms with Crippen molar-refractivity contribution < 1.29 is 0 Å². The van der Waals surface area contributed by atoms with Gasteiger partial charge in [-0.05, 0) is 38.0 Å². The van der Waals surface area contributed by atoms with Crippen LogP contribution in [0.25, 0.3) is 0 Å². The highest BCUT2D eigenvalue weighted by Gasteiger charge is 2.19. The fourth-order valence-corrected chi connectivity index (χ4v) is 2.22. The van der Waals surface area contributed by atoms with Gasteiger partial charge in [-0.1, -0.05) is 12.1 Å². The molecule has 1 N–H and O–H groups in total. The molecule has 2 rings (SSSR count). The molecule has 0 aromatic heterocycles. The molecule has 1 heterocycles. The number of anilines is 1. The molecule has 0 saturated heterocycles. The number of amidine groups is 1. The maximum Gasteiger partial charge on any atom is 0.121 e. The van der Waals surface area contributed by atoms with Gasteiger partial charge in [0, 0.05) is 19.3 Å². The van der Waals surface area contributed by atoms with Crippen LogP contribution in [0.1, 0.15) is 18.1 Å². The van der Waals surface area contributed by atoms with Gasteiger partial charge in [0.25, 0.3) is 0 Å². The average molecular weight is 268 g/mol. The average Bonchev–Trinajstić information content (AvgIpc) is 2.71. The Morgan fingerprint density at radius 3 is 2.67 bits per heavy atom. The third-order valence-electron chi connectivity index (χ3n) is 3.46. The van der Waals surface area contributed by atoms with Crippen molar-refractivity contribution in [1.29, 1.82) is 0 Å². The lowest BCUT2D eigenvalue weighted by Gasteiger charge is -2.23. The molecule has 4 heteroatoms. The maximum atomic E-state index is 4.54. The molecule has 0 saturated carbocycles. The summed E-state index contributed by atoms with van der Waals surface area (Å²) in [5.41, 5.74) is 3.85. The SMILES string of the molecule is Cc1cccc(NC(C)C2=NCCN2C)c1C.Cl. The third-order valence-corrected chi connectivity index (χ3v) is 3.46. The summed E-state index contributed by atoms with van der Waals surface area (Å²) < 4.78 is 0. The molecule has 100 valence electrons. The number of nitrogens with zero attached hydrogens (tertiary/aromatic N) is 2. The van der Waals surface area contributed by atoms with E-state index in [1.807, 2.05) is 0 Å². The van der Waals surface area contributed by atoms with Gasteiger partial charge in [-0.3, -0.25) is 4.99 Å². The number of halogens is 1. The van der Waals surface area contributed by atoms with Crippen molar-refractivity contribution in [3.05, 3.63) is 29.3 Å². The van der Waals surface area contributed by atoms with Crippen LogP contribution in [0.4, 0.5) is 5.69 Å². The zero-order valence-corrected chi connectivity index (χ0v) is 12.3. The summed E-state index contributed by atoms with van der Waals surface area (Å²) in [5.74, 6) is 1.16. The molecule has 0 aliphatic carbocycles. The summed E-state index contributed by atoms with van der Waals surface area (Å²) in [5, 5.41) is 3.55. The first-order valence-corrected chi connectivity index (χ1v) is 6.18. The minimum atomic E-state index is 0. The Bertz CT molecular complexity index is 443. The van der Waals surface area contributed by atoms with Gasteiger partial charge in [0.2, 0.25) is 0 Å². The van der Waals surface area contributed by atoms with Gasteiger partial charge >= 0.3 is 0 Å². The number of aryl methyl sites for hydroxylation is 1. The van der Waals surface area contributed by atoms with E-state index in [9.17, 15) is 0 Å². The molecule has 1 aliphatic rings. The van der Waals surface area contributed by atoms with Gasteiger partial charge in [0.15, 0.2) is 0 Å². The van der Waals surface area contributed by atoms with Crippen LogP contribution in [-0.4, -0.2) is 36.9 Å². The third kappa shape index (κ3) is 2.96. The summed E-state index contributed by atoms with van der Waals surface area (Å²) in [4.78, 5) is 6.77. The van der Waals surface area contributed by atoms with Crippen LogP contribution in [0, 0.1) is 13.8 Å². The van der Waals surface area contributed by atoms with Crippen LogP contribution in [0.5, 0.6) is 0 Å². The van der Waals surface area contributed by atoms with Crippen LogP contribution < -0.4 is 5.32 Å². The molecule has 0 bridgehead atoms. The predicted octanol–water partition coefficient (Wildman–Crippen LogP) is 2.87. The molecule has 1 unspecified atom stereocenters. The van der Waals surface area contributed by atoms with E-state index in [0.29, 0.717) is 0 Å². The summed E-state index contributed by atoms with van der Waals surface area (Å²) in [7, 11) is 2.10. The molecule has 18 heavy (non-hydrogen) atoms. The topological polar surface area (TPSA) is 27.6 Å². The van der Waals surface area contributed by atoms with Crippen molar-refractivity contribution in [2.45, 2.75) is 26.8 Å². The fourth-order valence-electron chi connectivity index (χ4n) is 2.22. The lowest BCUT2D eigenvalue weighted by molar-refractivity contribution is 0.542. The Balaban J connectivity index is 0.00000162. The van der Waals surface area contributed by atoms with Crippen molar-refractivity contribution in [2.24, 2.45) is 4.99 Å². The molecule has 1 aliphatic heterocycles. The standard InChI is InChI=1S/C14H21N3.ClH/c1-10-6-5-7-13(11(10)2)16-12(3)14-15-8-9-17(14)4;/h5-7,12,16H,8-9H2,1-4H3;1H. The molecule has 0 radical (unpaired) electrons. The van der Waals surface area contributed by atoms with Crippen molar-refractivity contribution in [1.82, 2.24) is 4.90 Å². The second-order valence-corrected chi connectivity index (χ2v) is 4.77. The molecule has 1 aromatic carbocycles. The van der Waals surface area contributed by atoms with Crippen LogP contribution in [0.15, 0.2) is 23.2 Å². The van der Waals surface area contributed by atoms with E-state index >= 15 is 0 Å². The van der Waals surface area contributed by atoms with E-state index in [1.54, 1.807) is 0 Å². The Hall–Kier alpha value is -1.22. The monoisotopic (exact) mass is 267 g/mol. The zero-order valence-electron chi connectivity index (χ0n) is 11.5. The van der Waals surface area contributed by atoms with Crippen LogP contribution in [0.2, 0.25) is 0 Å². The lowest BCUT2D eigenvalue weighted by Crippen LogP contribution is -2.36. The second kappa shape index (κ2) is 6.10. The Morgan fingerprint density at radius 1 is 1.33 bits per heavy atom. The summed E-state index contributed by atoms with van der Waals surface area (Å²) >= 11 is 0. The second-order valence-electron chi connectivity index (χ2n) is 4.77. The predicted molar refractivity (Wildman–Crippen MR) is 81.2 cm³/mol. The number of nitrogens with one attached hydrogen (secondary N) is 1. The number of hydrogen-bond acceptors (Lipinski definition) is 3. The summed E-state index contributed by atoms with van der Waals surface area (Å²) in [6.07, 6.45) is 0. The van der Waals surface area contributed by atoms with Crippen molar-refractivity contribution in [3.8, 4) is 0 Å². The van der Waals surface area contributed by atoms with Gasteiger partial charge in [-0.2, -0.15) is 0 Å². The number of rotatable bonds is 3. The summed E-state index contributed by atoms with van der Waals surface area (Å²) in [6, 6.07) is 6.64. The largest absolute Gasteiger partial charge is 0.375 e. The van der Waals surface area contributed by atoms with Crippen molar-refractivity contribution in [2.75, 3.05) is 25.5 Å². The van der Waals surface area contributed by atoms with Gasteiger partial charge in [0.1, 0.15) is 5.84 Å². The molecule has 0 amide bonds. The molecular formula is C14H22ClN3. The van der Waals surface area contributed by atoms with E-state index in [0.717, 1.165) is 18.9 Å². The highest BCUT2D eigenvalue weighted by molar-refractivity contribution is 5.90. The first-order chi connectivity index (χ1) is 8.09. The first-order valence-electron chi connectivity index (χ1n) is 6.18. The van der Waals surface area contributed by atoms with E-state index < -0.39 is 0 Å². The quantitative estimate of drug-likeness (QED) is 0.912. The highest BCUT2D eigenvalue weighted by atomic mass is 35.5. The number of benzene rings is 1. The zero-order chi connectivity index (χ0) is 12.4. The first kappa shape index (κ1) is 14.8. The minimum absolute atomic E-state index is 0. The lowest BCUT2D eigenvalue weighted by atomic mass is 10.1.